The van der Waals surface area contributed by atoms with Crippen LogP contribution in [0.3, 0.4) is 0 Å². The molecule has 0 aromatic heterocycles. The van der Waals surface area contributed by atoms with Crippen molar-refractivity contribution in [3.8, 4) is 6.07 Å². The van der Waals surface area contributed by atoms with Crippen molar-refractivity contribution in [1.29, 1.82) is 5.26 Å². The van der Waals surface area contributed by atoms with Crippen LogP contribution in [0.1, 0.15) is 34.3 Å². The summed E-state index contributed by atoms with van der Waals surface area (Å²) in [7, 11) is 0. The van der Waals surface area contributed by atoms with E-state index in [4.69, 9.17) is 5.26 Å². The lowest BCUT2D eigenvalue weighted by Gasteiger charge is -2.15. The van der Waals surface area contributed by atoms with Gasteiger partial charge in [-0.25, -0.2) is 0 Å². The van der Waals surface area contributed by atoms with E-state index in [0.29, 0.717) is 11.1 Å². The Morgan fingerprint density at radius 1 is 1.38 bits per heavy atom. The van der Waals surface area contributed by atoms with Gasteiger partial charge in [0, 0.05) is 18.7 Å². The minimum Gasteiger partial charge on any atom is -0.339 e. The number of nitriles is 1. The number of hydrogen-bond donors (Lipinski definition) is 0. The second kappa shape index (κ2) is 4.36. The Morgan fingerprint density at radius 2 is 2.06 bits per heavy atom. The fraction of sp³-hybridized carbons (Fsp3) is 0.385. The van der Waals surface area contributed by atoms with Crippen LogP contribution in [0.15, 0.2) is 18.2 Å². The van der Waals surface area contributed by atoms with Gasteiger partial charge in [0.05, 0.1) is 11.6 Å². The van der Waals surface area contributed by atoms with Gasteiger partial charge in [-0.05, 0) is 37.5 Å². The van der Waals surface area contributed by atoms with Gasteiger partial charge in [-0.15, -0.1) is 0 Å². The van der Waals surface area contributed by atoms with Crippen LogP contribution in [0.25, 0.3) is 0 Å². The Morgan fingerprint density at radius 3 is 2.69 bits per heavy atom. The normalized spacial score (nSPS) is 14.9. The third-order valence-electron chi connectivity index (χ3n) is 3.00. The van der Waals surface area contributed by atoms with Gasteiger partial charge >= 0.3 is 0 Å². The van der Waals surface area contributed by atoms with Crippen LogP contribution in [0.5, 0.6) is 0 Å². The molecule has 0 N–H and O–H groups in total. The second-order valence-corrected chi connectivity index (χ2v) is 4.14. The third-order valence-corrected chi connectivity index (χ3v) is 3.00. The zero-order valence-electron chi connectivity index (χ0n) is 9.36. The fourth-order valence-electron chi connectivity index (χ4n) is 1.98. The van der Waals surface area contributed by atoms with E-state index in [9.17, 15) is 4.79 Å². The number of nitrogens with zero attached hydrogens (tertiary/aromatic N) is 2. The maximum Gasteiger partial charge on any atom is 0.253 e. The molecule has 16 heavy (non-hydrogen) atoms. The molecular formula is C13H14N2O. The Bertz CT molecular complexity index is 453. The number of hydrogen-bond acceptors (Lipinski definition) is 2. The Labute approximate surface area is 95.3 Å². The molecule has 1 amide bonds. The number of carbonyl (C=O) groups is 1. The van der Waals surface area contributed by atoms with Crippen LogP contribution < -0.4 is 0 Å². The lowest BCUT2D eigenvalue weighted by molar-refractivity contribution is 0.0793. The van der Waals surface area contributed by atoms with Gasteiger partial charge in [0.2, 0.25) is 0 Å². The highest BCUT2D eigenvalue weighted by molar-refractivity contribution is 5.94. The second-order valence-electron chi connectivity index (χ2n) is 4.14. The SMILES string of the molecule is Cc1ccc(C(=O)N2CCCC2)cc1C#N. The van der Waals surface area contributed by atoms with E-state index >= 15 is 0 Å². The van der Waals surface area contributed by atoms with Gasteiger partial charge in [0.25, 0.3) is 5.91 Å². The smallest absolute Gasteiger partial charge is 0.253 e. The predicted molar refractivity (Wildman–Crippen MR) is 61.0 cm³/mol. The first kappa shape index (κ1) is 10.7. The van der Waals surface area contributed by atoms with Crippen LogP contribution in [-0.4, -0.2) is 23.9 Å². The Balaban J connectivity index is 2.27. The molecule has 82 valence electrons. The van der Waals surface area contributed by atoms with Gasteiger partial charge in [-0.3, -0.25) is 4.79 Å². The molecule has 0 aliphatic carbocycles. The Kier molecular flexibility index (Phi) is 2.91. The first-order valence-electron chi connectivity index (χ1n) is 5.52. The first-order valence-corrected chi connectivity index (χ1v) is 5.52. The molecule has 0 radical (unpaired) electrons. The van der Waals surface area contributed by atoms with E-state index in [1.165, 1.54) is 0 Å². The number of likely N-dealkylation sites (tertiary alicyclic amines) is 1. The summed E-state index contributed by atoms with van der Waals surface area (Å²) in [6.45, 7) is 3.56. The summed E-state index contributed by atoms with van der Waals surface area (Å²) < 4.78 is 0. The molecular weight excluding hydrogens is 200 g/mol. The highest BCUT2D eigenvalue weighted by Crippen LogP contribution is 2.15. The molecule has 1 aliphatic heterocycles. The van der Waals surface area contributed by atoms with Crippen molar-refractivity contribution in [3.63, 3.8) is 0 Å². The van der Waals surface area contributed by atoms with Crippen molar-refractivity contribution in [1.82, 2.24) is 4.90 Å². The van der Waals surface area contributed by atoms with Gasteiger partial charge in [0.1, 0.15) is 0 Å². The molecule has 1 fully saturated rings. The fourth-order valence-corrected chi connectivity index (χ4v) is 1.98. The summed E-state index contributed by atoms with van der Waals surface area (Å²) >= 11 is 0. The van der Waals surface area contributed by atoms with E-state index in [1.807, 2.05) is 17.9 Å². The van der Waals surface area contributed by atoms with Gasteiger partial charge < -0.3 is 4.90 Å². The molecule has 0 unspecified atom stereocenters. The average Bonchev–Trinajstić information content (AvgIpc) is 2.82. The van der Waals surface area contributed by atoms with E-state index in [1.54, 1.807) is 12.1 Å². The largest absolute Gasteiger partial charge is 0.339 e. The topological polar surface area (TPSA) is 44.1 Å². The lowest BCUT2D eigenvalue weighted by Crippen LogP contribution is -2.27. The molecule has 0 bridgehead atoms. The first-order chi connectivity index (χ1) is 7.72. The standard InChI is InChI=1S/C13H14N2O/c1-10-4-5-11(8-12(10)9-14)13(16)15-6-2-3-7-15/h4-5,8H,2-3,6-7H2,1H3. The molecule has 1 saturated heterocycles. The molecule has 3 heteroatoms. The van der Waals surface area contributed by atoms with Gasteiger partial charge in [0.15, 0.2) is 0 Å². The summed E-state index contributed by atoms with van der Waals surface area (Å²) in [4.78, 5) is 13.9. The van der Waals surface area contributed by atoms with Crippen LogP contribution in [0.2, 0.25) is 0 Å². The van der Waals surface area contributed by atoms with Crippen molar-refractivity contribution in [2.24, 2.45) is 0 Å². The zero-order valence-corrected chi connectivity index (χ0v) is 9.36. The van der Waals surface area contributed by atoms with Crippen molar-refractivity contribution in [2.75, 3.05) is 13.1 Å². The molecule has 1 aromatic rings. The van der Waals surface area contributed by atoms with E-state index in [2.05, 4.69) is 6.07 Å². The lowest BCUT2D eigenvalue weighted by atomic mass is 10.1. The maximum atomic E-state index is 12.0. The van der Waals surface area contributed by atoms with Gasteiger partial charge in [-0.1, -0.05) is 6.07 Å². The minimum absolute atomic E-state index is 0.0500. The van der Waals surface area contributed by atoms with Crippen LogP contribution in [0, 0.1) is 18.3 Å². The predicted octanol–water partition coefficient (Wildman–Crippen LogP) is 2.10. The summed E-state index contributed by atoms with van der Waals surface area (Å²) in [6.07, 6.45) is 2.17. The quantitative estimate of drug-likeness (QED) is 0.718. The van der Waals surface area contributed by atoms with Crippen molar-refractivity contribution >= 4 is 5.91 Å². The van der Waals surface area contributed by atoms with Gasteiger partial charge in [-0.2, -0.15) is 5.26 Å². The number of rotatable bonds is 1. The van der Waals surface area contributed by atoms with Crippen LogP contribution in [0.4, 0.5) is 0 Å². The van der Waals surface area contributed by atoms with Crippen molar-refractivity contribution in [2.45, 2.75) is 19.8 Å². The molecule has 1 aromatic carbocycles. The molecule has 1 aliphatic rings. The number of amides is 1. The minimum atomic E-state index is 0.0500. The maximum absolute atomic E-state index is 12.0. The highest BCUT2D eigenvalue weighted by atomic mass is 16.2. The summed E-state index contributed by atoms with van der Waals surface area (Å²) in [6, 6.07) is 7.44. The zero-order chi connectivity index (χ0) is 11.5. The number of aryl methyl sites for hydroxylation is 1. The number of benzene rings is 1. The van der Waals surface area contributed by atoms with Crippen molar-refractivity contribution < 1.29 is 4.79 Å². The Hall–Kier alpha value is -1.82. The van der Waals surface area contributed by atoms with E-state index in [0.717, 1.165) is 31.5 Å². The third kappa shape index (κ3) is 1.92. The summed E-state index contributed by atoms with van der Waals surface area (Å²) in [5.74, 6) is 0.0500. The molecule has 2 rings (SSSR count). The monoisotopic (exact) mass is 214 g/mol. The number of carbonyl (C=O) groups excluding carboxylic acids is 1. The molecule has 0 spiro atoms. The molecule has 1 heterocycles. The average molecular weight is 214 g/mol. The molecule has 0 saturated carbocycles. The molecule has 3 nitrogen and oxygen atoms in total. The van der Waals surface area contributed by atoms with E-state index < -0.39 is 0 Å². The molecule has 0 atom stereocenters. The van der Waals surface area contributed by atoms with Crippen LogP contribution in [-0.2, 0) is 0 Å². The summed E-state index contributed by atoms with van der Waals surface area (Å²) in [5, 5.41) is 8.92. The van der Waals surface area contributed by atoms with Crippen molar-refractivity contribution in [3.05, 3.63) is 34.9 Å². The highest BCUT2D eigenvalue weighted by Gasteiger charge is 2.19. The van der Waals surface area contributed by atoms with E-state index in [-0.39, 0.29) is 5.91 Å². The van der Waals surface area contributed by atoms with Crippen LogP contribution >= 0.6 is 0 Å². The summed E-state index contributed by atoms with van der Waals surface area (Å²) in [5.41, 5.74) is 2.13.